The maximum atomic E-state index is 10.3. The Labute approximate surface area is 72.4 Å². The van der Waals surface area contributed by atoms with Crippen LogP contribution in [0.1, 0.15) is 26.2 Å². The lowest BCUT2D eigenvalue weighted by Gasteiger charge is -2.10. The molecule has 1 amide bonds. The fraction of sp³-hybridized carbons (Fsp3) is 0.875. The lowest BCUT2D eigenvalue weighted by molar-refractivity contribution is -0.126. The number of rotatable bonds is 4. The van der Waals surface area contributed by atoms with E-state index in [-0.39, 0.29) is 6.61 Å². The smallest absolute Gasteiger partial charge is 0.245 e. The van der Waals surface area contributed by atoms with Gasteiger partial charge in [-0.05, 0) is 25.2 Å². The van der Waals surface area contributed by atoms with Crippen molar-refractivity contribution in [2.24, 2.45) is 11.7 Å². The van der Waals surface area contributed by atoms with E-state index >= 15 is 0 Å². The zero-order chi connectivity index (χ0) is 8.97. The summed E-state index contributed by atoms with van der Waals surface area (Å²) in [5, 5.41) is 0. The third kappa shape index (κ3) is 3.19. The third-order valence-corrected chi connectivity index (χ3v) is 2.16. The number of hydroxylamine groups is 1. The first kappa shape index (κ1) is 9.48. The van der Waals surface area contributed by atoms with Crippen LogP contribution in [0.3, 0.4) is 0 Å². The van der Waals surface area contributed by atoms with Gasteiger partial charge < -0.3 is 5.73 Å². The van der Waals surface area contributed by atoms with E-state index in [0.717, 1.165) is 18.8 Å². The van der Waals surface area contributed by atoms with E-state index in [9.17, 15) is 4.79 Å². The van der Waals surface area contributed by atoms with Crippen LogP contribution in [0.25, 0.3) is 0 Å². The molecule has 1 aliphatic carbocycles. The highest BCUT2D eigenvalue weighted by molar-refractivity contribution is 5.74. The van der Waals surface area contributed by atoms with E-state index in [1.165, 1.54) is 6.42 Å². The van der Waals surface area contributed by atoms with Crippen molar-refractivity contribution in [1.82, 2.24) is 5.48 Å². The molecule has 0 bridgehead atoms. The van der Waals surface area contributed by atoms with E-state index in [0.29, 0.717) is 6.04 Å². The molecule has 1 saturated carbocycles. The van der Waals surface area contributed by atoms with Gasteiger partial charge in [-0.25, -0.2) is 0 Å². The third-order valence-electron chi connectivity index (χ3n) is 2.16. The van der Waals surface area contributed by atoms with Gasteiger partial charge in [0.15, 0.2) is 0 Å². The van der Waals surface area contributed by atoms with Gasteiger partial charge in [-0.2, -0.15) is 5.48 Å². The zero-order valence-corrected chi connectivity index (χ0v) is 7.38. The number of amides is 1. The van der Waals surface area contributed by atoms with E-state index in [1.807, 2.05) is 0 Å². The van der Waals surface area contributed by atoms with Crippen molar-refractivity contribution in [3.8, 4) is 0 Å². The van der Waals surface area contributed by atoms with Crippen molar-refractivity contribution in [2.75, 3.05) is 6.61 Å². The summed E-state index contributed by atoms with van der Waals surface area (Å²) in [6.45, 7) is 2.18. The van der Waals surface area contributed by atoms with Crippen LogP contribution in [0, 0.1) is 5.92 Å². The summed E-state index contributed by atoms with van der Waals surface area (Å²) in [6.07, 6.45) is 3.48. The molecule has 1 aliphatic rings. The normalized spacial score (nSPS) is 29.1. The van der Waals surface area contributed by atoms with Gasteiger partial charge in [-0.15, -0.1) is 0 Å². The standard InChI is InChI=1S/C8H16N2O2/c1-6-2-3-7(4-6)10-12-5-8(9)11/h6-7,10H,2-5H2,1H3,(H2,9,11). The van der Waals surface area contributed by atoms with Crippen LogP contribution in [-0.4, -0.2) is 18.6 Å². The van der Waals surface area contributed by atoms with Crippen LogP contribution in [0.4, 0.5) is 0 Å². The molecule has 0 aromatic rings. The summed E-state index contributed by atoms with van der Waals surface area (Å²) in [5.41, 5.74) is 7.74. The number of hydrogen-bond acceptors (Lipinski definition) is 3. The summed E-state index contributed by atoms with van der Waals surface area (Å²) in [6, 6.07) is 0.402. The van der Waals surface area contributed by atoms with Crippen LogP contribution in [0.5, 0.6) is 0 Å². The average molecular weight is 172 g/mol. The molecule has 1 fully saturated rings. The molecule has 1 rings (SSSR count). The Morgan fingerprint density at radius 3 is 2.92 bits per heavy atom. The van der Waals surface area contributed by atoms with Crippen LogP contribution in [0.2, 0.25) is 0 Å². The van der Waals surface area contributed by atoms with Crippen LogP contribution in [-0.2, 0) is 9.63 Å². The van der Waals surface area contributed by atoms with E-state index in [4.69, 9.17) is 10.6 Å². The van der Waals surface area contributed by atoms with E-state index < -0.39 is 5.91 Å². The molecule has 0 aromatic heterocycles. The Kier molecular flexibility index (Phi) is 3.49. The zero-order valence-electron chi connectivity index (χ0n) is 7.38. The van der Waals surface area contributed by atoms with Gasteiger partial charge in [0.1, 0.15) is 6.61 Å². The van der Waals surface area contributed by atoms with Crippen molar-refractivity contribution < 1.29 is 9.63 Å². The number of hydrogen-bond donors (Lipinski definition) is 2. The molecule has 0 aromatic carbocycles. The molecule has 0 saturated heterocycles. The van der Waals surface area contributed by atoms with Gasteiger partial charge in [0.25, 0.3) is 0 Å². The Bertz CT molecular complexity index is 161. The number of carbonyl (C=O) groups is 1. The van der Waals surface area contributed by atoms with Gasteiger partial charge in [0, 0.05) is 6.04 Å². The first-order valence-electron chi connectivity index (χ1n) is 4.34. The highest BCUT2D eigenvalue weighted by atomic mass is 16.6. The largest absolute Gasteiger partial charge is 0.368 e. The van der Waals surface area contributed by atoms with E-state index in [2.05, 4.69) is 12.4 Å². The quantitative estimate of drug-likeness (QED) is 0.595. The number of nitrogens with two attached hydrogens (primary N) is 1. The second-order valence-electron chi connectivity index (χ2n) is 3.49. The van der Waals surface area contributed by atoms with Crippen molar-refractivity contribution in [3.63, 3.8) is 0 Å². The molecule has 4 heteroatoms. The summed E-state index contributed by atoms with van der Waals surface area (Å²) in [5.74, 6) is 0.327. The Balaban J connectivity index is 2.04. The molecule has 0 radical (unpaired) electrons. The summed E-state index contributed by atoms with van der Waals surface area (Å²) in [7, 11) is 0. The maximum absolute atomic E-state index is 10.3. The molecule has 70 valence electrons. The monoisotopic (exact) mass is 172 g/mol. The molecular formula is C8H16N2O2. The van der Waals surface area contributed by atoms with E-state index in [1.54, 1.807) is 0 Å². The summed E-state index contributed by atoms with van der Waals surface area (Å²) in [4.78, 5) is 15.2. The summed E-state index contributed by atoms with van der Waals surface area (Å²) >= 11 is 0. The lowest BCUT2D eigenvalue weighted by atomic mass is 10.1. The predicted octanol–water partition coefficient (Wildman–Crippen LogP) is 0.182. The number of carbonyl (C=O) groups excluding carboxylic acids is 1. The average Bonchev–Trinajstić information content (AvgIpc) is 2.35. The number of nitrogens with one attached hydrogen (secondary N) is 1. The SMILES string of the molecule is CC1CCC(NOCC(N)=O)C1. The van der Waals surface area contributed by atoms with Crippen molar-refractivity contribution in [2.45, 2.75) is 32.2 Å². The molecule has 2 unspecified atom stereocenters. The second-order valence-corrected chi connectivity index (χ2v) is 3.49. The molecule has 0 heterocycles. The van der Waals surface area contributed by atoms with Crippen LogP contribution >= 0.6 is 0 Å². The highest BCUT2D eigenvalue weighted by Crippen LogP contribution is 2.24. The first-order chi connectivity index (χ1) is 5.68. The Morgan fingerprint density at radius 2 is 2.42 bits per heavy atom. The molecule has 4 nitrogen and oxygen atoms in total. The molecule has 0 aliphatic heterocycles. The van der Waals surface area contributed by atoms with Crippen molar-refractivity contribution in [1.29, 1.82) is 0 Å². The predicted molar refractivity (Wildman–Crippen MR) is 45.1 cm³/mol. The minimum Gasteiger partial charge on any atom is -0.368 e. The van der Waals surface area contributed by atoms with Gasteiger partial charge >= 0.3 is 0 Å². The number of primary amides is 1. The first-order valence-corrected chi connectivity index (χ1v) is 4.34. The van der Waals surface area contributed by atoms with Gasteiger partial charge in [-0.3, -0.25) is 9.63 Å². The molecule has 2 atom stereocenters. The highest BCUT2D eigenvalue weighted by Gasteiger charge is 2.20. The molecular weight excluding hydrogens is 156 g/mol. The Morgan fingerprint density at radius 1 is 1.67 bits per heavy atom. The maximum Gasteiger partial charge on any atom is 0.245 e. The van der Waals surface area contributed by atoms with Gasteiger partial charge in [-0.1, -0.05) is 6.92 Å². The van der Waals surface area contributed by atoms with Gasteiger partial charge in [0.2, 0.25) is 5.91 Å². The fourth-order valence-corrected chi connectivity index (χ4v) is 1.54. The topological polar surface area (TPSA) is 64.3 Å². The second kappa shape index (κ2) is 4.42. The van der Waals surface area contributed by atoms with Crippen molar-refractivity contribution in [3.05, 3.63) is 0 Å². The fourth-order valence-electron chi connectivity index (χ4n) is 1.54. The van der Waals surface area contributed by atoms with Crippen LogP contribution in [0.15, 0.2) is 0 Å². The molecule has 0 spiro atoms. The lowest BCUT2D eigenvalue weighted by Crippen LogP contribution is -2.31. The molecule has 3 N–H and O–H groups in total. The Hall–Kier alpha value is -0.610. The van der Waals surface area contributed by atoms with Gasteiger partial charge in [0.05, 0.1) is 0 Å². The molecule has 12 heavy (non-hydrogen) atoms. The minimum absolute atomic E-state index is 0.0368. The van der Waals surface area contributed by atoms with Crippen LogP contribution < -0.4 is 11.2 Å². The summed E-state index contributed by atoms with van der Waals surface area (Å²) < 4.78 is 0. The minimum atomic E-state index is -0.437. The van der Waals surface area contributed by atoms with Crippen molar-refractivity contribution >= 4 is 5.91 Å².